The number of nitrogens with zero attached hydrogens (tertiary/aromatic N) is 3. The first-order valence-electron chi connectivity index (χ1n) is 5.73. The first kappa shape index (κ1) is 11.6. The van der Waals surface area contributed by atoms with Gasteiger partial charge >= 0.3 is 0 Å². The van der Waals surface area contributed by atoms with Crippen LogP contribution < -0.4 is 5.32 Å². The molecule has 2 amide bonds. The number of carbonyl (C=O) groups is 2. The molecule has 6 heteroatoms. The Morgan fingerprint density at radius 3 is 3.06 bits per heavy atom. The summed E-state index contributed by atoms with van der Waals surface area (Å²) in [5.74, 6) is 0.0113. The highest BCUT2D eigenvalue weighted by molar-refractivity contribution is 5.82. The molecule has 2 rings (SSSR count). The predicted molar refractivity (Wildman–Crippen MR) is 61.1 cm³/mol. The van der Waals surface area contributed by atoms with Crippen molar-refractivity contribution >= 4 is 11.8 Å². The fraction of sp³-hybridized carbons (Fsp3) is 0.545. The van der Waals surface area contributed by atoms with Gasteiger partial charge in [0.25, 0.3) is 0 Å². The lowest BCUT2D eigenvalue weighted by Gasteiger charge is -2.23. The third kappa shape index (κ3) is 2.64. The van der Waals surface area contributed by atoms with E-state index in [0.29, 0.717) is 26.1 Å². The third-order valence-electron chi connectivity index (χ3n) is 2.90. The SMILES string of the molecule is CC(C(=O)N1CCNC(=O)CC1)n1cccn1. The van der Waals surface area contributed by atoms with E-state index in [0.717, 1.165) is 0 Å². The van der Waals surface area contributed by atoms with Gasteiger partial charge in [0.2, 0.25) is 11.8 Å². The Bertz CT molecular complexity index is 402. The highest BCUT2D eigenvalue weighted by Gasteiger charge is 2.24. The summed E-state index contributed by atoms with van der Waals surface area (Å²) in [6.45, 7) is 3.39. The number of hydrogen-bond acceptors (Lipinski definition) is 3. The maximum atomic E-state index is 12.2. The lowest BCUT2D eigenvalue weighted by molar-refractivity contribution is -0.134. The number of amides is 2. The van der Waals surface area contributed by atoms with E-state index in [1.807, 2.05) is 6.92 Å². The molecule has 1 atom stereocenters. The summed E-state index contributed by atoms with van der Waals surface area (Å²) in [4.78, 5) is 25.1. The van der Waals surface area contributed by atoms with Crippen LogP contribution in [0.4, 0.5) is 0 Å². The van der Waals surface area contributed by atoms with Gasteiger partial charge in [-0.25, -0.2) is 0 Å². The fourth-order valence-corrected chi connectivity index (χ4v) is 1.87. The van der Waals surface area contributed by atoms with Gasteiger partial charge in [0.1, 0.15) is 6.04 Å². The maximum Gasteiger partial charge on any atom is 0.247 e. The summed E-state index contributed by atoms with van der Waals surface area (Å²) in [5.41, 5.74) is 0. The van der Waals surface area contributed by atoms with Crippen molar-refractivity contribution in [1.82, 2.24) is 20.0 Å². The molecule has 1 aromatic rings. The van der Waals surface area contributed by atoms with Crippen LogP contribution in [0.15, 0.2) is 18.5 Å². The van der Waals surface area contributed by atoms with E-state index in [4.69, 9.17) is 0 Å². The van der Waals surface area contributed by atoms with E-state index in [-0.39, 0.29) is 17.9 Å². The molecule has 0 bridgehead atoms. The number of rotatable bonds is 2. The highest BCUT2D eigenvalue weighted by atomic mass is 16.2. The van der Waals surface area contributed by atoms with Crippen LogP contribution in [-0.2, 0) is 9.59 Å². The highest BCUT2D eigenvalue weighted by Crippen LogP contribution is 2.09. The van der Waals surface area contributed by atoms with Crippen molar-refractivity contribution < 1.29 is 9.59 Å². The van der Waals surface area contributed by atoms with Crippen LogP contribution in [-0.4, -0.2) is 46.1 Å². The molecular weight excluding hydrogens is 220 g/mol. The van der Waals surface area contributed by atoms with E-state index in [1.165, 1.54) is 0 Å². The maximum absolute atomic E-state index is 12.2. The van der Waals surface area contributed by atoms with Gasteiger partial charge in [-0.3, -0.25) is 14.3 Å². The molecule has 0 aliphatic carbocycles. The van der Waals surface area contributed by atoms with E-state index >= 15 is 0 Å². The second-order valence-electron chi connectivity index (χ2n) is 4.09. The first-order valence-corrected chi connectivity index (χ1v) is 5.73. The molecule has 1 saturated heterocycles. The molecule has 0 aromatic carbocycles. The van der Waals surface area contributed by atoms with Gasteiger partial charge in [-0.2, -0.15) is 5.10 Å². The summed E-state index contributed by atoms with van der Waals surface area (Å²) in [6, 6.07) is 1.47. The first-order chi connectivity index (χ1) is 8.18. The summed E-state index contributed by atoms with van der Waals surface area (Å²) < 4.78 is 1.63. The molecule has 0 saturated carbocycles. The van der Waals surface area contributed by atoms with Crippen molar-refractivity contribution in [1.29, 1.82) is 0 Å². The van der Waals surface area contributed by atoms with E-state index < -0.39 is 0 Å². The van der Waals surface area contributed by atoms with E-state index in [2.05, 4.69) is 10.4 Å². The average molecular weight is 236 g/mol. The summed E-state index contributed by atoms with van der Waals surface area (Å²) >= 11 is 0. The molecular formula is C11H16N4O2. The topological polar surface area (TPSA) is 67.2 Å². The monoisotopic (exact) mass is 236 g/mol. The van der Waals surface area contributed by atoms with E-state index in [1.54, 1.807) is 28.0 Å². The molecule has 0 spiro atoms. The third-order valence-corrected chi connectivity index (χ3v) is 2.90. The lowest BCUT2D eigenvalue weighted by Crippen LogP contribution is -2.38. The molecule has 1 unspecified atom stereocenters. The van der Waals surface area contributed by atoms with Crippen LogP contribution in [0.1, 0.15) is 19.4 Å². The zero-order valence-corrected chi connectivity index (χ0v) is 9.80. The van der Waals surface area contributed by atoms with Gasteiger partial charge < -0.3 is 10.2 Å². The summed E-state index contributed by atoms with van der Waals surface area (Å²) in [7, 11) is 0. The smallest absolute Gasteiger partial charge is 0.247 e. The molecule has 17 heavy (non-hydrogen) atoms. The minimum absolute atomic E-state index is 0.00481. The zero-order chi connectivity index (χ0) is 12.3. The van der Waals surface area contributed by atoms with Crippen LogP contribution in [0.25, 0.3) is 0 Å². The quantitative estimate of drug-likeness (QED) is 0.772. The Hall–Kier alpha value is -1.85. The molecule has 92 valence electrons. The number of hydrogen-bond donors (Lipinski definition) is 1. The number of aromatic nitrogens is 2. The Morgan fingerprint density at radius 1 is 1.53 bits per heavy atom. The standard InChI is InChI=1S/C11H16N4O2/c1-9(15-6-2-4-13-15)11(17)14-7-3-10(16)12-5-8-14/h2,4,6,9H,3,5,7-8H2,1H3,(H,12,16). The molecule has 1 aliphatic rings. The van der Waals surface area contributed by atoms with Gasteiger partial charge in [0, 0.05) is 38.4 Å². The second kappa shape index (κ2) is 4.99. The van der Waals surface area contributed by atoms with Crippen molar-refractivity contribution in [2.45, 2.75) is 19.4 Å². The van der Waals surface area contributed by atoms with Crippen molar-refractivity contribution in [3.05, 3.63) is 18.5 Å². The van der Waals surface area contributed by atoms with Crippen LogP contribution >= 0.6 is 0 Å². The van der Waals surface area contributed by atoms with Gasteiger partial charge in [0.15, 0.2) is 0 Å². The Morgan fingerprint density at radius 2 is 2.35 bits per heavy atom. The normalized spacial score (nSPS) is 18.4. The average Bonchev–Trinajstić information content (AvgIpc) is 2.77. The van der Waals surface area contributed by atoms with Crippen LogP contribution in [0.2, 0.25) is 0 Å². The molecule has 1 aliphatic heterocycles. The largest absolute Gasteiger partial charge is 0.354 e. The molecule has 6 nitrogen and oxygen atoms in total. The van der Waals surface area contributed by atoms with Gasteiger partial charge in [-0.05, 0) is 13.0 Å². The molecule has 1 fully saturated rings. The minimum atomic E-state index is -0.321. The van der Waals surface area contributed by atoms with Crippen LogP contribution in [0.3, 0.4) is 0 Å². The summed E-state index contributed by atoms with van der Waals surface area (Å²) in [5, 5.41) is 6.80. The van der Waals surface area contributed by atoms with Crippen LogP contribution in [0, 0.1) is 0 Å². The second-order valence-corrected chi connectivity index (χ2v) is 4.09. The molecule has 0 radical (unpaired) electrons. The minimum Gasteiger partial charge on any atom is -0.354 e. The van der Waals surface area contributed by atoms with Gasteiger partial charge in [-0.1, -0.05) is 0 Å². The van der Waals surface area contributed by atoms with Crippen molar-refractivity contribution in [2.24, 2.45) is 0 Å². The molecule has 1 N–H and O–H groups in total. The van der Waals surface area contributed by atoms with Gasteiger partial charge in [-0.15, -0.1) is 0 Å². The molecule has 1 aromatic heterocycles. The van der Waals surface area contributed by atoms with Crippen molar-refractivity contribution in [2.75, 3.05) is 19.6 Å². The Labute approximate surface area is 99.6 Å². The Kier molecular flexibility index (Phi) is 3.41. The van der Waals surface area contributed by atoms with E-state index in [9.17, 15) is 9.59 Å². The lowest BCUT2D eigenvalue weighted by atomic mass is 10.2. The van der Waals surface area contributed by atoms with Gasteiger partial charge in [0.05, 0.1) is 0 Å². The Balaban J connectivity index is 2.01. The summed E-state index contributed by atoms with van der Waals surface area (Å²) in [6.07, 6.45) is 3.79. The van der Waals surface area contributed by atoms with Crippen LogP contribution in [0.5, 0.6) is 0 Å². The van der Waals surface area contributed by atoms with Crippen molar-refractivity contribution in [3.63, 3.8) is 0 Å². The number of nitrogens with one attached hydrogen (secondary N) is 1. The fourth-order valence-electron chi connectivity index (χ4n) is 1.87. The van der Waals surface area contributed by atoms with Crippen molar-refractivity contribution in [3.8, 4) is 0 Å². The zero-order valence-electron chi connectivity index (χ0n) is 9.80. The number of carbonyl (C=O) groups excluding carboxylic acids is 2. The molecule has 2 heterocycles. The predicted octanol–water partition coefficient (Wildman–Crippen LogP) is -0.207.